The molecule has 2 N–H and O–H groups in total. The Bertz CT molecular complexity index is 1330. The van der Waals surface area contributed by atoms with E-state index in [9.17, 15) is 19.7 Å². The van der Waals surface area contributed by atoms with Crippen molar-refractivity contribution in [1.29, 1.82) is 0 Å². The standard InChI is InChI=1S/C25H26N6O6/c1-36-10-8-26-20-13-23(27-14-22(20)31(34)35)29-25(33)30-9-4-6-17-12-19(21(15-32)28-24(17)30)16-5-3-7-18(11-16)37-2/h3,5,7,11-15H,4,6,8-10H2,1-2H3,(H2,26,27,29,33). The van der Waals surface area contributed by atoms with Crippen LogP contribution in [0, 0.1) is 10.1 Å². The van der Waals surface area contributed by atoms with Crippen molar-refractivity contribution in [3.05, 3.63) is 64.0 Å². The molecule has 2 aromatic heterocycles. The molecule has 3 heterocycles. The molecule has 0 radical (unpaired) electrons. The van der Waals surface area contributed by atoms with Gasteiger partial charge in [-0.3, -0.25) is 25.1 Å². The lowest BCUT2D eigenvalue weighted by Gasteiger charge is -2.29. The van der Waals surface area contributed by atoms with Gasteiger partial charge in [0.2, 0.25) is 0 Å². The van der Waals surface area contributed by atoms with Crippen LogP contribution in [0.5, 0.6) is 5.75 Å². The summed E-state index contributed by atoms with van der Waals surface area (Å²) in [5.41, 5.74) is 2.43. The molecule has 0 spiro atoms. The van der Waals surface area contributed by atoms with Gasteiger partial charge in [-0.25, -0.2) is 14.8 Å². The van der Waals surface area contributed by atoms with E-state index in [-0.39, 0.29) is 22.9 Å². The SMILES string of the molecule is COCCNc1cc(NC(=O)N2CCCc3cc(-c4cccc(OC)c4)c(C=O)nc32)ncc1[N+](=O)[O-]. The molecule has 4 rings (SSSR count). The molecule has 0 fully saturated rings. The zero-order valence-electron chi connectivity index (χ0n) is 20.4. The summed E-state index contributed by atoms with van der Waals surface area (Å²) < 4.78 is 10.3. The fourth-order valence-electron chi connectivity index (χ4n) is 4.09. The maximum atomic E-state index is 13.2. The van der Waals surface area contributed by atoms with Crippen LogP contribution in [0.3, 0.4) is 0 Å². The lowest BCUT2D eigenvalue weighted by Crippen LogP contribution is -2.39. The predicted octanol–water partition coefficient (Wildman–Crippen LogP) is 3.92. The molecular formula is C25H26N6O6. The van der Waals surface area contributed by atoms with Gasteiger partial charge in [-0.2, -0.15) is 0 Å². The summed E-state index contributed by atoms with van der Waals surface area (Å²) in [6.45, 7) is 1.06. The van der Waals surface area contributed by atoms with Gasteiger partial charge in [0.1, 0.15) is 35.0 Å². The van der Waals surface area contributed by atoms with Crippen molar-refractivity contribution in [2.75, 3.05) is 49.4 Å². The highest BCUT2D eigenvalue weighted by molar-refractivity contribution is 6.02. The minimum atomic E-state index is -0.556. The summed E-state index contributed by atoms with van der Waals surface area (Å²) in [6, 6.07) is 10.1. The minimum Gasteiger partial charge on any atom is -0.497 e. The molecule has 2 amide bonds. The van der Waals surface area contributed by atoms with E-state index in [1.54, 1.807) is 7.11 Å². The van der Waals surface area contributed by atoms with Crippen LogP contribution >= 0.6 is 0 Å². The van der Waals surface area contributed by atoms with E-state index in [2.05, 4.69) is 20.6 Å². The fourth-order valence-corrected chi connectivity index (χ4v) is 4.09. The number of fused-ring (bicyclic) bond motifs is 1. The number of nitrogens with zero attached hydrogens (tertiary/aromatic N) is 4. The quantitative estimate of drug-likeness (QED) is 0.191. The summed E-state index contributed by atoms with van der Waals surface area (Å²) in [5, 5.41) is 17.0. The molecule has 0 aliphatic carbocycles. The number of carbonyl (C=O) groups excluding carboxylic acids is 2. The maximum Gasteiger partial charge on any atom is 0.328 e. The topological polar surface area (TPSA) is 149 Å². The second kappa shape index (κ2) is 11.4. The summed E-state index contributed by atoms with van der Waals surface area (Å²) >= 11 is 0. The molecule has 0 saturated carbocycles. The van der Waals surface area contributed by atoms with E-state index in [4.69, 9.17) is 9.47 Å². The second-order valence-electron chi connectivity index (χ2n) is 8.20. The molecule has 12 nitrogen and oxygen atoms in total. The van der Waals surface area contributed by atoms with Gasteiger partial charge in [0.25, 0.3) is 0 Å². The molecule has 12 heteroatoms. The number of aldehydes is 1. The number of pyridine rings is 2. The number of hydrogen-bond donors (Lipinski definition) is 2. The van der Waals surface area contributed by atoms with Crippen molar-refractivity contribution in [2.24, 2.45) is 0 Å². The number of nitrogens with one attached hydrogen (secondary N) is 2. The van der Waals surface area contributed by atoms with Crippen LogP contribution < -0.4 is 20.3 Å². The summed E-state index contributed by atoms with van der Waals surface area (Å²) in [5.74, 6) is 1.17. The molecule has 192 valence electrons. The monoisotopic (exact) mass is 506 g/mol. The first-order chi connectivity index (χ1) is 17.9. The van der Waals surface area contributed by atoms with Gasteiger partial charge in [0.15, 0.2) is 6.29 Å². The van der Waals surface area contributed by atoms with Crippen LogP contribution in [-0.2, 0) is 11.2 Å². The smallest absolute Gasteiger partial charge is 0.328 e. The Morgan fingerprint density at radius 1 is 1.27 bits per heavy atom. The van der Waals surface area contributed by atoms with Crippen molar-refractivity contribution in [2.45, 2.75) is 12.8 Å². The van der Waals surface area contributed by atoms with E-state index in [0.717, 1.165) is 17.3 Å². The lowest BCUT2D eigenvalue weighted by atomic mass is 9.97. The van der Waals surface area contributed by atoms with Gasteiger partial charge < -0.3 is 14.8 Å². The van der Waals surface area contributed by atoms with E-state index in [1.807, 2.05) is 30.3 Å². The Morgan fingerprint density at radius 2 is 2.11 bits per heavy atom. The number of aromatic nitrogens is 2. The van der Waals surface area contributed by atoms with Crippen molar-refractivity contribution in [1.82, 2.24) is 9.97 Å². The number of anilines is 3. The second-order valence-corrected chi connectivity index (χ2v) is 8.20. The van der Waals surface area contributed by atoms with Crippen LogP contribution in [0.25, 0.3) is 11.1 Å². The molecule has 0 unspecified atom stereocenters. The molecule has 0 bridgehead atoms. The van der Waals surface area contributed by atoms with Gasteiger partial charge in [-0.05, 0) is 42.2 Å². The zero-order chi connectivity index (χ0) is 26.4. The van der Waals surface area contributed by atoms with Crippen LogP contribution in [0.15, 0.2) is 42.6 Å². The highest BCUT2D eigenvalue weighted by Crippen LogP contribution is 2.33. The molecule has 0 atom stereocenters. The van der Waals surface area contributed by atoms with Crippen LogP contribution in [0.1, 0.15) is 22.5 Å². The Kier molecular flexibility index (Phi) is 7.89. The molecular weight excluding hydrogens is 480 g/mol. The minimum absolute atomic E-state index is 0.131. The number of amides is 2. The van der Waals surface area contributed by atoms with Gasteiger partial charge in [-0.1, -0.05) is 12.1 Å². The lowest BCUT2D eigenvalue weighted by molar-refractivity contribution is -0.384. The zero-order valence-corrected chi connectivity index (χ0v) is 20.4. The number of carbonyl (C=O) groups is 2. The first-order valence-electron chi connectivity index (χ1n) is 11.5. The molecule has 1 aliphatic heterocycles. The molecule has 3 aromatic rings. The first-order valence-corrected chi connectivity index (χ1v) is 11.5. The predicted molar refractivity (Wildman–Crippen MR) is 138 cm³/mol. The Labute approximate surface area is 212 Å². The van der Waals surface area contributed by atoms with E-state index >= 15 is 0 Å². The third-order valence-electron chi connectivity index (χ3n) is 5.87. The van der Waals surface area contributed by atoms with Crippen LogP contribution in [0.4, 0.5) is 27.8 Å². The highest BCUT2D eigenvalue weighted by Gasteiger charge is 2.27. The van der Waals surface area contributed by atoms with E-state index in [0.29, 0.717) is 56.0 Å². The first kappa shape index (κ1) is 25.5. The van der Waals surface area contributed by atoms with Crippen molar-refractivity contribution >= 4 is 35.3 Å². The normalized spacial score (nSPS) is 12.4. The number of hydrogen-bond acceptors (Lipinski definition) is 9. The third kappa shape index (κ3) is 5.64. The largest absolute Gasteiger partial charge is 0.497 e. The van der Waals surface area contributed by atoms with Crippen LogP contribution in [0.2, 0.25) is 0 Å². The highest BCUT2D eigenvalue weighted by atomic mass is 16.6. The average molecular weight is 507 g/mol. The number of ether oxygens (including phenoxy) is 2. The van der Waals surface area contributed by atoms with E-state index in [1.165, 1.54) is 18.1 Å². The van der Waals surface area contributed by atoms with Crippen molar-refractivity contribution in [3.63, 3.8) is 0 Å². The number of aryl methyl sites for hydroxylation is 1. The number of benzene rings is 1. The van der Waals surface area contributed by atoms with Gasteiger partial charge >= 0.3 is 11.7 Å². The number of nitro groups is 1. The number of methoxy groups -OCH3 is 2. The molecule has 0 saturated heterocycles. The Morgan fingerprint density at radius 3 is 2.84 bits per heavy atom. The summed E-state index contributed by atoms with van der Waals surface area (Å²) in [6.07, 6.45) is 3.12. The maximum absolute atomic E-state index is 13.2. The van der Waals surface area contributed by atoms with Crippen molar-refractivity contribution < 1.29 is 24.0 Å². The van der Waals surface area contributed by atoms with Gasteiger partial charge in [-0.15, -0.1) is 0 Å². The average Bonchev–Trinajstić information content (AvgIpc) is 2.92. The van der Waals surface area contributed by atoms with Gasteiger partial charge in [0, 0.05) is 31.8 Å². The Hall–Kier alpha value is -4.58. The van der Waals surface area contributed by atoms with Crippen LogP contribution in [-0.4, -0.2) is 61.1 Å². The Balaban J connectivity index is 1.62. The molecule has 1 aliphatic rings. The summed E-state index contributed by atoms with van der Waals surface area (Å²) in [4.78, 5) is 46.0. The van der Waals surface area contributed by atoms with E-state index < -0.39 is 11.0 Å². The third-order valence-corrected chi connectivity index (χ3v) is 5.87. The van der Waals surface area contributed by atoms with Gasteiger partial charge in [0.05, 0.1) is 18.6 Å². The number of rotatable bonds is 9. The fraction of sp³-hybridized carbons (Fsp3) is 0.280. The van der Waals surface area contributed by atoms with Crippen molar-refractivity contribution in [3.8, 4) is 16.9 Å². The molecule has 37 heavy (non-hydrogen) atoms. The summed E-state index contributed by atoms with van der Waals surface area (Å²) in [7, 11) is 3.09. The molecule has 1 aromatic carbocycles. The number of urea groups is 1.